The highest BCUT2D eigenvalue weighted by molar-refractivity contribution is 5.85. The van der Waals surface area contributed by atoms with Crippen molar-refractivity contribution in [2.75, 3.05) is 33.4 Å². The Morgan fingerprint density at radius 2 is 2.21 bits per heavy atom. The minimum Gasteiger partial charge on any atom is -0.494 e. The molecule has 1 aliphatic rings. The summed E-state index contributed by atoms with van der Waals surface area (Å²) >= 11 is 0. The van der Waals surface area contributed by atoms with Crippen LogP contribution in [-0.4, -0.2) is 45.4 Å². The Hall–Kier alpha value is -1.50. The van der Waals surface area contributed by atoms with Crippen molar-refractivity contribution in [1.29, 1.82) is 0 Å². The Labute approximate surface area is 149 Å². The summed E-state index contributed by atoms with van der Waals surface area (Å²) in [6, 6.07) is 4.00. The molecular weight excluding hydrogens is 332 g/mol. The van der Waals surface area contributed by atoms with Crippen LogP contribution in [0, 0.1) is 0 Å². The standard InChI is InChI=1S/C17H26N2O4.ClH/c1-4-22-15-8-13-7-12(2)23-16(13)9-14(15)10-19-17(20)11-18-5-6-21-3;/h8-9,12,18H,4-7,10-11H2,1-3H3,(H,19,20);1H. The fourth-order valence-electron chi connectivity index (χ4n) is 2.54. The van der Waals surface area contributed by atoms with Gasteiger partial charge in [-0.1, -0.05) is 0 Å². The quantitative estimate of drug-likeness (QED) is 0.657. The van der Waals surface area contributed by atoms with Crippen LogP contribution in [0.4, 0.5) is 0 Å². The van der Waals surface area contributed by atoms with E-state index < -0.39 is 0 Å². The summed E-state index contributed by atoms with van der Waals surface area (Å²) in [5.74, 6) is 1.65. The lowest BCUT2D eigenvalue weighted by Crippen LogP contribution is -2.34. The highest BCUT2D eigenvalue weighted by atomic mass is 35.5. The normalized spacial score (nSPS) is 15.2. The number of hydrogen-bond acceptors (Lipinski definition) is 5. The number of fused-ring (bicyclic) bond motifs is 1. The molecule has 1 aromatic rings. The van der Waals surface area contributed by atoms with Gasteiger partial charge in [0.05, 0.1) is 19.8 Å². The highest BCUT2D eigenvalue weighted by Crippen LogP contribution is 2.35. The van der Waals surface area contributed by atoms with E-state index in [1.807, 2.05) is 26.0 Å². The van der Waals surface area contributed by atoms with Gasteiger partial charge in [0.25, 0.3) is 0 Å². The lowest BCUT2D eigenvalue weighted by molar-refractivity contribution is -0.120. The van der Waals surface area contributed by atoms with Crippen molar-refractivity contribution in [1.82, 2.24) is 10.6 Å². The number of halogens is 1. The number of rotatable bonds is 9. The summed E-state index contributed by atoms with van der Waals surface area (Å²) in [6.45, 7) is 6.52. The summed E-state index contributed by atoms with van der Waals surface area (Å²) in [4.78, 5) is 11.8. The average Bonchev–Trinajstić information content (AvgIpc) is 2.88. The molecule has 1 heterocycles. The molecule has 7 heteroatoms. The van der Waals surface area contributed by atoms with Crippen LogP contribution in [0.1, 0.15) is 25.0 Å². The molecular formula is C17H27ClN2O4. The lowest BCUT2D eigenvalue weighted by atomic mass is 10.1. The molecule has 1 aromatic carbocycles. The van der Waals surface area contributed by atoms with Crippen LogP contribution in [0.2, 0.25) is 0 Å². The van der Waals surface area contributed by atoms with Crippen LogP contribution in [0.3, 0.4) is 0 Å². The molecule has 0 saturated heterocycles. The second-order valence-corrected chi connectivity index (χ2v) is 5.58. The Balaban J connectivity index is 0.00000288. The molecule has 0 bridgehead atoms. The molecule has 2 N–H and O–H groups in total. The van der Waals surface area contributed by atoms with Crippen LogP contribution < -0.4 is 20.1 Å². The molecule has 0 radical (unpaired) electrons. The van der Waals surface area contributed by atoms with Crippen molar-refractivity contribution >= 4 is 18.3 Å². The molecule has 1 atom stereocenters. The third kappa shape index (κ3) is 5.85. The predicted molar refractivity (Wildman–Crippen MR) is 95.2 cm³/mol. The summed E-state index contributed by atoms with van der Waals surface area (Å²) in [6.07, 6.45) is 1.08. The number of benzene rings is 1. The molecule has 1 unspecified atom stereocenters. The number of hydrogen-bond donors (Lipinski definition) is 2. The molecule has 1 aliphatic heterocycles. The number of ether oxygens (including phenoxy) is 3. The second-order valence-electron chi connectivity index (χ2n) is 5.58. The molecule has 6 nitrogen and oxygen atoms in total. The van der Waals surface area contributed by atoms with Gasteiger partial charge in [0.2, 0.25) is 5.91 Å². The van der Waals surface area contributed by atoms with Gasteiger partial charge in [-0.15, -0.1) is 12.4 Å². The predicted octanol–water partition coefficient (Wildman–Crippen LogP) is 1.68. The molecule has 24 heavy (non-hydrogen) atoms. The highest BCUT2D eigenvalue weighted by Gasteiger charge is 2.21. The van der Waals surface area contributed by atoms with Gasteiger partial charge in [-0.25, -0.2) is 0 Å². The van der Waals surface area contributed by atoms with E-state index in [1.165, 1.54) is 0 Å². The average molecular weight is 359 g/mol. The van der Waals surface area contributed by atoms with Gasteiger partial charge in [-0.2, -0.15) is 0 Å². The van der Waals surface area contributed by atoms with Gasteiger partial charge in [0.15, 0.2) is 0 Å². The van der Waals surface area contributed by atoms with Gasteiger partial charge < -0.3 is 24.8 Å². The maximum atomic E-state index is 11.8. The number of carbonyl (C=O) groups excluding carboxylic acids is 1. The van der Waals surface area contributed by atoms with E-state index in [2.05, 4.69) is 10.6 Å². The molecule has 0 spiro atoms. The Kier molecular flexibility index (Phi) is 8.89. The SMILES string of the molecule is CCOc1cc2c(cc1CNC(=O)CNCCOC)OC(C)C2.Cl. The Morgan fingerprint density at radius 3 is 2.92 bits per heavy atom. The van der Waals surface area contributed by atoms with E-state index in [-0.39, 0.29) is 31.0 Å². The van der Waals surface area contributed by atoms with Gasteiger partial charge in [0, 0.05) is 37.7 Å². The van der Waals surface area contributed by atoms with E-state index in [0.29, 0.717) is 26.3 Å². The van der Waals surface area contributed by atoms with Crippen molar-refractivity contribution in [3.8, 4) is 11.5 Å². The van der Waals surface area contributed by atoms with E-state index >= 15 is 0 Å². The maximum absolute atomic E-state index is 11.8. The first kappa shape index (κ1) is 20.5. The van der Waals surface area contributed by atoms with Crippen LogP contribution in [-0.2, 0) is 22.5 Å². The Bertz CT molecular complexity index is 540. The van der Waals surface area contributed by atoms with Crippen LogP contribution in [0.15, 0.2) is 12.1 Å². The first-order chi connectivity index (χ1) is 11.1. The summed E-state index contributed by atoms with van der Waals surface area (Å²) in [7, 11) is 1.63. The smallest absolute Gasteiger partial charge is 0.234 e. The van der Waals surface area contributed by atoms with E-state index in [1.54, 1.807) is 7.11 Å². The minimum absolute atomic E-state index is 0. The first-order valence-electron chi connectivity index (χ1n) is 8.05. The van der Waals surface area contributed by atoms with Crippen molar-refractivity contribution in [3.63, 3.8) is 0 Å². The minimum atomic E-state index is -0.0571. The number of amides is 1. The molecule has 0 aliphatic carbocycles. The molecule has 136 valence electrons. The largest absolute Gasteiger partial charge is 0.494 e. The molecule has 0 fully saturated rings. The summed E-state index contributed by atoms with van der Waals surface area (Å²) in [5, 5.41) is 5.92. The number of nitrogens with one attached hydrogen (secondary N) is 2. The van der Waals surface area contributed by atoms with Gasteiger partial charge in [0.1, 0.15) is 17.6 Å². The summed E-state index contributed by atoms with van der Waals surface area (Å²) < 4.78 is 16.4. The third-order valence-corrected chi connectivity index (χ3v) is 3.62. The molecule has 0 aromatic heterocycles. The zero-order chi connectivity index (χ0) is 16.7. The van der Waals surface area contributed by atoms with Crippen molar-refractivity contribution in [2.45, 2.75) is 32.9 Å². The van der Waals surface area contributed by atoms with E-state index in [4.69, 9.17) is 14.2 Å². The summed E-state index contributed by atoms with van der Waals surface area (Å²) in [5.41, 5.74) is 2.10. The van der Waals surface area contributed by atoms with Gasteiger partial charge in [-0.3, -0.25) is 4.79 Å². The Morgan fingerprint density at radius 1 is 1.42 bits per heavy atom. The molecule has 1 amide bonds. The second kappa shape index (κ2) is 10.4. The van der Waals surface area contributed by atoms with Crippen molar-refractivity contribution in [3.05, 3.63) is 23.3 Å². The van der Waals surface area contributed by atoms with E-state index in [9.17, 15) is 4.79 Å². The van der Waals surface area contributed by atoms with E-state index in [0.717, 1.165) is 29.0 Å². The van der Waals surface area contributed by atoms with Crippen molar-refractivity contribution in [2.24, 2.45) is 0 Å². The fraction of sp³-hybridized carbons (Fsp3) is 0.588. The van der Waals surface area contributed by atoms with Crippen LogP contribution in [0.25, 0.3) is 0 Å². The fourth-order valence-corrected chi connectivity index (χ4v) is 2.54. The third-order valence-electron chi connectivity index (χ3n) is 3.62. The van der Waals surface area contributed by atoms with Crippen LogP contribution >= 0.6 is 12.4 Å². The zero-order valence-electron chi connectivity index (χ0n) is 14.5. The first-order valence-corrected chi connectivity index (χ1v) is 8.05. The molecule has 0 saturated carbocycles. The van der Waals surface area contributed by atoms with Gasteiger partial charge in [-0.05, 0) is 26.0 Å². The monoisotopic (exact) mass is 358 g/mol. The van der Waals surface area contributed by atoms with Gasteiger partial charge >= 0.3 is 0 Å². The zero-order valence-corrected chi connectivity index (χ0v) is 15.3. The number of carbonyl (C=O) groups is 1. The van der Waals surface area contributed by atoms with Crippen molar-refractivity contribution < 1.29 is 19.0 Å². The lowest BCUT2D eigenvalue weighted by Gasteiger charge is -2.13. The number of methoxy groups -OCH3 is 1. The maximum Gasteiger partial charge on any atom is 0.234 e. The van der Waals surface area contributed by atoms with Crippen LogP contribution in [0.5, 0.6) is 11.5 Å². The molecule has 2 rings (SSSR count). The topological polar surface area (TPSA) is 68.8 Å².